The highest BCUT2D eigenvalue weighted by Gasteiger charge is 2.20. The van der Waals surface area contributed by atoms with Gasteiger partial charge >= 0.3 is 0 Å². The minimum absolute atomic E-state index is 0.187. The predicted octanol–water partition coefficient (Wildman–Crippen LogP) is 3.03. The topological polar surface area (TPSA) is 38.7 Å². The molecule has 0 aliphatic heterocycles. The molecule has 1 aromatic carbocycles. The van der Waals surface area contributed by atoms with Crippen LogP contribution >= 0.6 is 0 Å². The van der Waals surface area contributed by atoms with Crippen molar-refractivity contribution in [2.24, 2.45) is 11.8 Å². The molecular formula is C14H22O3. The zero-order valence-electron chi connectivity index (χ0n) is 11.2. The molecule has 0 amide bonds. The fraction of sp³-hybridized carbons (Fsp3) is 0.571. The number of hydrogen-bond acceptors (Lipinski definition) is 3. The van der Waals surface area contributed by atoms with Crippen molar-refractivity contribution in [3.8, 4) is 11.5 Å². The maximum Gasteiger partial charge on any atom is 0.122 e. The molecule has 0 bridgehead atoms. The van der Waals surface area contributed by atoms with E-state index in [1.807, 2.05) is 19.1 Å². The van der Waals surface area contributed by atoms with E-state index in [2.05, 4.69) is 13.8 Å². The minimum Gasteiger partial charge on any atom is -0.497 e. The molecule has 1 rings (SSSR count). The molecule has 0 fully saturated rings. The number of ether oxygens (including phenoxy) is 2. The zero-order valence-corrected chi connectivity index (χ0v) is 11.2. The van der Waals surface area contributed by atoms with Crippen molar-refractivity contribution in [1.82, 2.24) is 0 Å². The molecular weight excluding hydrogens is 216 g/mol. The number of aliphatic hydroxyl groups is 1. The number of aliphatic hydroxyl groups excluding tert-OH is 1. The van der Waals surface area contributed by atoms with Crippen molar-refractivity contribution < 1.29 is 14.6 Å². The van der Waals surface area contributed by atoms with Gasteiger partial charge < -0.3 is 14.6 Å². The van der Waals surface area contributed by atoms with Crippen LogP contribution in [0.3, 0.4) is 0 Å². The molecule has 2 unspecified atom stereocenters. The Balaban J connectivity index is 3.03. The lowest BCUT2D eigenvalue weighted by Gasteiger charge is -2.23. The molecule has 0 radical (unpaired) electrons. The van der Waals surface area contributed by atoms with Crippen LogP contribution < -0.4 is 9.47 Å². The molecule has 0 aliphatic carbocycles. The largest absolute Gasteiger partial charge is 0.497 e. The first-order valence-electron chi connectivity index (χ1n) is 5.90. The molecule has 17 heavy (non-hydrogen) atoms. The minimum atomic E-state index is -0.501. The van der Waals surface area contributed by atoms with Crippen molar-refractivity contribution in [2.45, 2.75) is 26.9 Å². The highest BCUT2D eigenvalue weighted by molar-refractivity contribution is 5.39. The molecule has 0 aromatic heterocycles. The molecule has 3 nitrogen and oxygen atoms in total. The van der Waals surface area contributed by atoms with Gasteiger partial charge in [-0.3, -0.25) is 0 Å². The summed E-state index contributed by atoms with van der Waals surface area (Å²) in [5.74, 6) is 2.01. The van der Waals surface area contributed by atoms with E-state index in [-0.39, 0.29) is 5.92 Å². The van der Waals surface area contributed by atoms with Gasteiger partial charge in [0.05, 0.1) is 20.3 Å². The first-order valence-corrected chi connectivity index (χ1v) is 5.90. The van der Waals surface area contributed by atoms with E-state index in [9.17, 15) is 5.11 Å². The second kappa shape index (κ2) is 5.92. The van der Waals surface area contributed by atoms with Gasteiger partial charge in [0.25, 0.3) is 0 Å². The van der Waals surface area contributed by atoms with Crippen molar-refractivity contribution in [1.29, 1.82) is 0 Å². The van der Waals surface area contributed by atoms with E-state index < -0.39 is 6.10 Å². The summed E-state index contributed by atoms with van der Waals surface area (Å²) in [5.41, 5.74) is 0.836. The Bertz CT molecular complexity index is 338. The normalized spacial score (nSPS) is 14.5. The first-order chi connectivity index (χ1) is 7.99. The zero-order chi connectivity index (χ0) is 13.0. The summed E-state index contributed by atoms with van der Waals surface area (Å²) < 4.78 is 10.4. The average molecular weight is 238 g/mol. The summed E-state index contributed by atoms with van der Waals surface area (Å²) in [5, 5.41) is 10.3. The maximum absolute atomic E-state index is 10.3. The van der Waals surface area contributed by atoms with Crippen molar-refractivity contribution in [3.05, 3.63) is 23.8 Å². The first kappa shape index (κ1) is 13.8. The summed E-state index contributed by atoms with van der Waals surface area (Å²) >= 11 is 0. The number of hydrogen-bond donors (Lipinski definition) is 1. The summed E-state index contributed by atoms with van der Waals surface area (Å²) in [6.45, 7) is 6.25. The Morgan fingerprint density at radius 1 is 0.941 bits per heavy atom. The molecule has 0 spiro atoms. The fourth-order valence-corrected chi connectivity index (χ4v) is 1.67. The van der Waals surface area contributed by atoms with Gasteiger partial charge in [-0.1, -0.05) is 20.8 Å². The molecule has 0 saturated heterocycles. The molecule has 0 aliphatic rings. The fourth-order valence-electron chi connectivity index (χ4n) is 1.67. The molecule has 3 heteroatoms. The quantitative estimate of drug-likeness (QED) is 0.857. The molecule has 0 saturated carbocycles. The summed E-state index contributed by atoms with van der Waals surface area (Å²) in [6.07, 6.45) is -0.501. The predicted molar refractivity (Wildman–Crippen MR) is 68.5 cm³/mol. The number of benzene rings is 1. The van der Waals surface area contributed by atoms with Crippen LogP contribution in [0.1, 0.15) is 32.4 Å². The third kappa shape index (κ3) is 3.37. The smallest absolute Gasteiger partial charge is 0.122 e. The maximum atomic E-state index is 10.3. The van der Waals surface area contributed by atoms with Gasteiger partial charge in [0.2, 0.25) is 0 Å². The Morgan fingerprint density at radius 3 is 1.76 bits per heavy atom. The van der Waals surface area contributed by atoms with Gasteiger partial charge in [0.15, 0.2) is 0 Å². The highest BCUT2D eigenvalue weighted by atomic mass is 16.5. The van der Waals surface area contributed by atoms with Crippen LogP contribution in [0.5, 0.6) is 11.5 Å². The van der Waals surface area contributed by atoms with Crippen LogP contribution in [0.25, 0.3) is 0 Å². The van der Waals surface area contributed by atoms with Gasteiger partial charge in [-0.05, 0) is 29.5 Å². The van der Waals surface area contributed by atoms with Crippen LogP contribution in [0.4, 0.5) is 0 Å². The Morgan fingerprint density at radius 2 is 1.41 bits per heavy atom. The third-order valence-electron chi connectivity index (χ3n) is 3.26. The standard InChI is InChI=1S/C14H22O3/c1-9(2)10(3)14(15)11-6-12(16-4)8-13(7-11)17-5/h6-10,14-15H,1-5H3. The van der Waals surface area contributed by atoms with Crippen LogP contribution in [-0.4, -0.2) is 19.3 Å². The average Bonchev–Trinajstić information content (AvgIpc) is 2.35. The van der Waals surface area contributed by atoms with E-state index in [0.717, 1.165) is 5.56 Å². The van der Waals surface area contributed by atoms with Gasteiger partial charge in [0.1, 0.15) is 11.5 Å². The van der Waals surface area contributed by atoms with Crippen LogP contribution in [0.15, 0.2) is 18.2 Å². The molecule has 2 atom stereocenters. The lowest BCUT2D eigenvalue weighted by Crippen LogP contribution is -2.15. The van der Waals surface area contributed by atoms with E-state index in [4.69, 9.17) is 9.47 Å². The Kier molecular flexibility index (Phi) is 4.82. The molecule has 0 heterocycles. The second-order valence-corrected chi connectivity index (χ2v) is 4.69. The number of rotatable bonds is 5. The van der Waals surface area contributed by atoms with Crippen LogP contribution in [0, 0.1) is 11.8 Å². The lowest BCUT2D eigenvalue weighted by molar-refractivity contribution is 0.0916. The summed E-state index contributed by atoms with van der Waals surface area (Å²) in [4.78, 5) is 0. The van der Waals surface area contributed by atoms with Crippen molar-refractivity contribution in [3.63, 3.8) is 0 Å². The monoisotopic (exact) mass is 238 g/mol. The van der Waals surface area contributed by atoms with Gasteiger partial charge in [-0.2, -0.15) is 0 Å². The van der Waals surface area contributed by atoms with Crippen molar-refractivity contribution in [2.75, 3.05) is 14.2 Å². The third-order valence-corrected chi connectivity index (χ3v) is 3.26. The van der Waals surface area contributed by atoms with Crippen LogP contribution in [-0.2, 0) is 0 Å². The molecule has 1 aromatic rings. The SMILES string of the molecule is COc1cc(OC)cc(C(O)C(C)C(C)C)c1. The van der Waals surface area contributed by atoms with Crippen molar-refractivity contribution >= 4 is 0 Å². The van der Waals surface area contributed by atoms with E-state index in [0.29, 0.717) is 17.4 Å². The van der Waals surface area contributed by atoms with E-state index in [1.165, 1.54) is 0 Å². The molecule has 96 valence electrons. The van der Waals surface area contributed by atoms with E-state index in [1.54, 1.807) is 20.3 Å². The molecule has 1 N–H and O–H groups in total. The van der Waals surface area contributed by atoms with Crippen LogP contribution in [0.2, 0.25) is 0 Å². The Hall–Kier alpha value is -1.22. The number of methoxy groups -OCH3 is 2. The van der Waals surface area contributed by atoms with Gasteiger partial charge in [-0.15, -0.1) is 0 Å². The van der Waals surface area contributed by atoms with Gasteiger partial charge in [-0.25, -0.2) is 0 Å². The Labute approximate surface area is 103 Å². The van der Waals surface area contributed by atoms with E-state index >= 15 is 0 Å². The summed E-state index contributed by atoms with van der Waals surface area (Å²) in [7, 11) is 3.22. The lowest BCUT2D eigenvalue weighted by atomic mass is 9.88. The highest BCUT2D eigenvalue weighted by Crippen LogP contribution is 2.32. The van der Waals surface area contributed by atoms with Gasteiger partial charge in [0, 0.05) is 6.07 Å². The second-order valence-electron chi connectivity index (χ2n) is 4.69. The summed E-state index contributed by atoms with van der Waals surface area (Å²) in [6, 6.07) is 5.51.